The van der Waals surface area contributed by atoms with Crippen molar-refractivity contribution in [1.82, 2.24) is 4.98 Å². The van der Waals surface area contributed by atoms with Crippen molar-refractivity contribution in [3.05, 3.63) is 63.0 Å². The Morgan fingerprint density at radius 1 is 1.17 bits per heavy atom. The van der Waals surface area contributed by atoms with Crippen LogP contribution in [0.3, 0.4) is 0 Å². The molecule has 0 unspecified atom stereocenters. The van der Waals surface area contributed by atoms with Crippen LogP contribution in [-0.4, -0.2) is 29.0 Å². The molecule has 156 valence electrons. The van der Waals surface area contributed by atoms with Crippen LogP contribution in [0.15, 0.2) is 42.5 Å². The second-order valence-electron chi connectivity index (χ2n) is 6.42. The molecule has 30 heavy (non-hydrogen) atoms. The number of nitro benzene ring substituents is 1. The first kappa shape index (κ1) is 21.3. The van der Waals surface area contributed by atoms with Gasteiger partial charge in [-0.05, 0) is 56.7 Å². The van der Waals surface area contributed by atoms with Crippen molar-refractivity contribution in [3.8, 4) is 22.8 Å². The van der Waals surface area contributed by atoms with Gasteiger partial charge in [0.2, 0.25) is 0 Å². The fourth-order valence-electron chi connectivity index (χ4n) is 2.80. The summed E-state index contributed by atoms with van der Waals surface area (Å²) >= 11 is 1.38. The maximum absolute atomic E-state index is 12.3. The van der Waals surface area contributed by atoms with E-state index in [0.717, 1.165) is 21.9 Å². The lowest BCUT2D eigenvalue weighted by molar-refractivity contribution is -0.384. The molecular weight excluding hydrogens is 406 g/mol. The third-order valence-electron chi connectivity index (χ3n) is 4.21. The molecule has 0 spiro atoms. The van der Waals surface area contributed by atoms with Crippen LogP contribution >= 0.6 is 11.3 Å². The summed E-state index contributed by atoms with van der Waals surface area (Å²) in [5.74, 6) is 0.849. The molecule has 0 saturated heterocycles. The van der Waals surface area contributed by atoms with Crippen molar-refractivity contribution >= 4 is 28.1 Å². The number of rotatable bonds is 8. The van der Waals surface area contributed by atoms with E-state index in [0.29, 0.717) is 23.1 Å². The molecule has 8 nitrogen and oxygen atoms in total. The SMILES string of the molecule is CCOc1ccc(-c2nc(NC(=O)COc3ccc([N+](=O)[O-])cc3C)sc2C)cc1. The van der Waals surface area contributed by atoms with Gasteiger partial charge >= 0.3 is 0 Å². The maximum atomic E-state index is 12.3. The zero-order valence-corrected chi connectivity index (χ0v) is 17.6. The van der Waals surface area contributed by atoms with Gasteiger partial charge in [0.1, 0.15) is 11.5 Å². The van der Waals surface area contributed by atoms with E-state index < -0.39 is 4.92 Å². The molecule has 1 aromatic heterocycles. The number of nitro groups is 1. The molecule has 1 amide bonds. The van der Waals surface area contributed by atoms with Gasteiger partial charge in [0.25, 0.3) is 11.6 Å². The lowest BCUT2D eigenvalue weighted by Gasteiger charge is -2.08. The first-order chi connectivity index (χ1) is 14.4. The summed E-state index contributed by atoms with van der Waals surface area (Å²) in [6, 6.07) is 11.9. The van der Waals surface area contributed by atoms with Crippen LogP contribution in [0.4, 0.5) is 10.8 Å². The predicted molar refractivity (Wildman–Crippen MR) is 115 cm³/mol. The second kappa shape index (κ2) is 9.36. The highest BCUT2D eigenvalue weighted by Gasteiger charge is 2.14. The van der Waals surface area contributed by atoms with Gasteiger partial charge in [-0.3, -0.25) is 20.2 Å². The smallest absolute Gasteiger partial charge is 0.269 e. The van der Waals surface area contributed by atoms with Crippen LogP contribution in [0.25, 0.3) is 11.3 Å². The van der Waals surface area contributed by atoms with E-state index in [1.165, 1.54) is 29.5 Å². The Morgan fingerprint density at radius 2 is 1.90 bits per heavy atom. The molecule has 2 aromatic carbocycles. The number of hydrogen-bond donors (Lipinski definition) is 1. The molecule has 3 rings (SSSR count). The number of ether oxygens (including phenoxy) is 2. The fourth-order valence-corrected chi connectivity index (χ4v) is 3.65. The molecule has 0 aliphatic carbocycles. The maximum Gasteiger partial charge on any atom is 0.269 e. The highest BCUT2D eigenvalue weighted by atomic mass is 32.1. The molecule has 1 heterocycles. The van der Waals surface area contributed by atoms with Gasteiger partial charge in [-0.25, -0.2) is 4.98 Å². The topological polar surface area (TPSA) is 104 Å². The monoisotopic (exact) mass is 427 g/mol. The van der Waals surface area contributed by atoms with E-state index in [9.17, 15) is 14.9 Å². The number of carbonyl (C=O) groups excluding carboxylic acids is 1. The number of benzene rings is 2. The van der Waals surface area contributed by atoms with Crippen LogP contribution in [0.1, 0.15) is 17.4 Å². The average molecular weight is 427 g/mol. The molecule has 0 aliphatic heterocycles. The molecule has 0 bridgehead atoms. The van der Waals surface area contributed by atoms with Crippen LogP contribution in [-0.2, 0) is 4.79 Å². The summed E-state index contributed by atoms with van der Waals surface area (Å²) in [7, 11) is 0. The van der Waals surface area contributed by atoms with Crippen molar-refractivity contribution in [2.45, 2.75) is 20.8 Å². The number of thiazole rings is 1. The Labute approximate surface area is 177 Å². The number of non-ortho nitro benzene ring substituents is 1. The minimum absolute atomic E-state index is 0.0237. The van der Waals surface area contributed by atoms with Crippen LogP contribution in [0.2, 0.25) is 0 Å². The number of anilines is 1. The third-order valence-corrected chi connectivity index (χ3v) is 5.10. The molecular formula is C21H21N3O5S. The van der Waals surface area contributed by atoms with Gasteiger partial charge < -0.3 is 9.47 Å². The zero-order chi connectivity index (χ0) is 21.7. The van der Waals surface area contributed by atoms with Crippen molar-refractivity contribution in [2.24, 2.45) is 0 Å². The van der Waals surface area contributed by atoms with Gasteiger partial charge in [0.15, 0.2) is 11.7 Å². The fraction of sp³-hybridized carbons (Fsp3) is 0.238. The Bertz CT molecular complexity index is 1060. The first-order valence-electron chi connectivity index (χ1n) is 9.25. The summed E-state index contributed by atoms with van der Waals surface area (Å²) in [4.78, 5) is 28.1. The number of hydrogen-bond acceptors (Lipinski definition) is 7. The van der Waals surface area contributed by atoms with Crippen molar-refractivity contribution in [1.29, 1.82) is 0 Å². The molecule has 0 aliphatic rings. The average Bonchev–Trinajstić information content (AvgIpc) is 3.07. The highest BCUT2D eigenvalue weighted by molar-refractivity contribution is 7.16. The lowest BCUT2D eigenvalue weighted by atomic mass is 10.1. The van der Waals surface area contributed by atoms with Gasteiger partial charge in [-0.2, -0.15) is 0 Å². The zero-order valence-electron chi connectivity index (χ0n) is 16.8. The number of amides is 1. The summed E-state index contributed by atoms with van der Waals surface area (Å²) < 4.78 is 10.9. The number of nitrogens with one attached hydrogen (secondary N) is 1. The molecule has 0 saturated carbocycles. The first-order valence-corrected chi connectivity index (χ1v) is 10.1. The normalized spacial score (nSPS) is 10.5. The van der Waals surface area contributed by atoms with E-state index in [1.807, 2.05) is 38.1 Å². The Hall–Kier alpha value is -3.46. The number of aromatic nitrogens is 1. The summed E-state index contributed by atoms with van der Waals surface area (Å²) in [5.41, 5.74) is 2.29. The van der Waals surface area contributed by atoms with E-state index in [-0.39, 0.29) is 18.2 Å². The standard InChI is InChI=1S/C21H21N3O5S/c1-4-28-17-8-5-15(6-9-17)20-14(3)30-21(23-20)22-19(25)12-29-18-10-7-16(24(26)27)11-13(18)2/h5-11H,4,12H2,1-3H3,(H,22,23,25). The van der Waals surface area contributed by atoms with Crippen molar-refractivity contribution < 1.29 is 19.2 Å². The lowest BCUT2D eigenvalue weighted by Crippen LogP contribution is -2.20. The Balaban J connectivity index is 1.62. The molecule has 0 fully saturated rings. The molecule has 3 aromatic rings. The number of aryl methyl sites for hydroxylation is 2. The van der Waals surface area contributed by atoms with Gasteiger partial charge in [-0.1, -0.05) is 0 Å². The summed E-state index contributed by atoms with van der Waals surface area (Å²) in [6.07, 6.45) is 0. The van der Waals surface area contributed by atoms with Gasteiger partial charge in [0, 0.05) is 22.6 Å². The Morgan fingerprint density at radius 3 is 2.53 bits per heavy atom. The number of carbonyl (C=O) groups is 1. The molecule has 0 atom stereocenters. The predicted octanol–water partition coefficient (Wildman–Crippen LogP) is 4.75. The third kappa shape index (κ3) is 5.12. The minimum Gasteiger partial charge on any atom is -0.494 e. The Kier molecular flexibility index (Phi) is 6.63. The van der Waals surface area contributed by atoms with Crippen LogP contribution < -0.4 is 14.8 Å². The molecule has 0 radical (unpaired) electrons. The second-order valence-corrected chi connectivity index (χ2v) is 7.63. The van der Waals surface area contributed by atoms with Gasteiger partial charge in [0.05, 0.1) is 17.2 Å². The van der Waals surface area contributed by atoms with E-state index in [1.54, 1.807) is 6.92 Å². The van der Waals surface area contributed by atoms with E-state index in [2.05, 4.69) is 10.3 Å². The minimum atomic E-state index is -0.476. The molecule has 1 N–H and O–H groups in total. The quantitative estimate of drug-likeness (QED) is 0.411. The highest BCUT2D eigenvalue weighted by Crippen LogP contribution is 2.31. The van der Waals surface area contributed by atoms with Crippen molar-refractivity contribution in [3.63, 3.8) is 0 Å². The summed E-state index contributed by atoms with van der Waals surface area (Å²) in [6.45, 7) is 5.94. The van der Waals surface area contributed by atoms with Gasteiger partial charge in [-0.15, -0.1) is 11.3 Å². The van der Waals surface area contributed by atoms with Crippen LogP contribution in [0.5, 0.6) is 11.5 Å². The van der Waals surface area contributed by atoms with E-state index >= 15 is 0 Å². The number of nitrogens with zero attached hydrogens (tertiary/aromatic N) is 2. The van der Waals surface area contributed by atoms with Crippen molar-refractivity contribution in [2.75, 3.05) is 18.5 Å². The largest absolute Gasteiger partial charge is 0.494 e. The molecule has 9 heteroatoms. The van der Waals surface area contributed by atoms with E-state index in [4.69, 9.17) is 9.47 Å². The van der Waals surface area contributed by atoms with Crippen LogP contribution in [0, 0.1) is 24.0 Å². The summed E-state index contributed by atoms with van der Waals surface area (Å²) in [5, 5.41) is 14.0.